The number of carbonyl (C=O) groups excluding carboxylic acids is 1. The van der Waals surface area contributed by atoms with Crippen LogP contribution in [0.2, 0.25) is 0 Å². The number of rotatable bonds is 6. The van der Waals surface area contributed by atoms with Gasteiger partial charge in [0.25, 0.3) is 5.91 Å². The minimum atomic E-state index is -0.157. The lowest BCUT2D eigenvalue weighted by Gasteiger charge is -2.21. The molecule has 0 atom stereocenters. The minimum absolute atomic E-state index is 0.157. The Morgan fingerprint density at radius 3 is 2.79 bits per heavy atom. The van der Waals surface area contributed by atoms with Crippen LogP contribution in [0, 0.1) is 18.3 Å². The number of nitrogens with zero attached hydrogens (tertiary/aromatic N) is 2. The Hall–Kier alpha value is -2.06. The molecule has 0 aliphatic carbocycles. The van der Waals surface area contributed by atoms with Crippen LogP contribution < -0.4 is 0 Å². The third-order valence-electron chi connectivity index (χ3n) is 2.79. The van der Waals surface area contributed by atoms with E-state index in [-0.39, 0.29) is 18.1 Å². The van der Waals surface area contributed by atoms with Crippen molar-refractivity contribution in [3.63, 3.8) is 0 Å². The van der Waals surface area contributed by atoms with Gasteiger partial charge in [0.2, 0.25) is 0 Å². The summed E-state index contributed by atoms with van der Waals surface area (Å²) < 4.78 is 4.96. The highest BCUT2D eigenvalue weighted by Crippen LogP contribution is 2.18. The van der Waals surface area contributed by atoms with Gasteiger partial charge >= 0.3 is 0 Å². The maximum absolute atomic E-state index is 12.3. The smallest absolute Gasteiger partial charge is 0.253 e. The molecule has 5 nitrogen and oxygen atoms in total. The van der Waals surface area contributed by atoms with Crippen molar-refractivity contribution in [2.24, 2.45) is 0 Å². The van der Waals surface area contributed by atoms with Crippen LogP contribution in [0.4, 0.5) is 0 Å². The number of carbonyl (C=O) groups is 1. The molecule has 0 bridgehead atoms. The Bertz CT molecular complexity index is 480. The molecule has 102 valence electrons. The average molecular weight is 262 g/mol. The van der Waals surface area contributed by atoms with Crippen molar-refractivity contribution in [2.75, 3.05) is 26.8 Å². The molecular formula is C14H18N2O3. The first-order chi connectivity index (χ1) is 9.10. The van der Waals surface area contributed by atoms with E-state index in [2.05, 4.69) is 0 Å². The number of ether oxygens (including phenoxy) is 1. The predicted molar refractivity (Wildman–Crippen MR) is 70.9 cm³/mol. The molecule has 1 amide bonds. The number of hydrogen-bond acceptors (Lipinski definition) is 4. The molecule has 0 aromatic heterocycles. The summed E-state index contributed by atoms with van der Waals surface area (Å²) in [5, 5.41) is 18.1. The van der Waals surface area contributed by atoms with E-state index in [1.165, 1.54) is 6.07 Å². The van der Waals surface area contributed by atoms with Gasteiger partial charge in [0, 0.05) is 25.8 Å². The monoisotopic (exact) mass is 262 g/mol. The number of methoxy groups -OCH3 is 1. The fourth-order valence-electron chi connectivity index (χ4n) is 1.67. The standard InChI is InChI=1S/C14H18N2O3/c1-11-10-12(4-5-13(11)17)14(18)16(7-3-6-15)8-9-19-2/h4-5,10,17H,3,7-9H2,1-2H3. The Kier molecular flexibility index (Phi) is 5.83. The molecule has 0 spiro atoms. The van der Waals surface area contributed by atoms with Gasteiger partial charge in [-0.15, -0.1) is 0 Å². The molecule has 0 aliphatic heterocycles. The lowest BCUT2D eigenvalue weighted by Crippen LogP contribution is -2.34. The van der Waals surface area contributed by atoms with Gasteiger partial charge in [0.1, 0.15) is 5.75 Å². The van der Waals surface area contributed by atoms with E-state index in [4.69, 9.17) is 10.00 Å². The Morgan fingerprint density at radius 1 is 1.47 bits per heavy atom. The van der Waals surface area contributed by atoms with E-state index in [9.17, 15) is 9.90 Å². The second-order valence-electron chi connectivity index (χ2n) is 4.19. The largest absolute Gasteiger partial charge is 0.508 e. The van der Waals surface area contributed by atoms with Crippen LogP contribution in [0.5, 0.6) is 5.75 Å². The molecular weight excluding hydrogens is 244 g/mol. The van der Waals surface area contributed by atoms with E-state index in [1.54, 1.807) is 31.1 Å². The van der Waals surface area contributed by atoms with Crippen molar-refractivity contribution in [2.45, 2.75) is 13.3 Å². The summed E-state index contributed by atoms with van der Waals surface area (Å²) in [7, 11) is 1.57. The second-order valence-corrected chi connectivity index (χ2v) is 4.19. The molecule has 1 aromatic rings. The van der Waals surface area contributed by atoms with Gasteiger partial charge in [-0.25, -0.2) is 0 Å². The first-order valence-corrected chi connectivity index (χ1v) is 6.05. The van der Waals surface area contributed by atoms with Crippen molar-refractivity contribution in [3.05, 3.63) is 29.3 Å². The molecule has 0 saturated heterocycles. The number of phenolic OH excluding ortho intramolecular Hbond substituents is 1. The zero-order valence-corrected chi connectivity index (χ0v) is 11.2. The highest BCUT2D eigenvalue weighted by molar-refractivity contribution is 5.94. The lowest BCUT2D eigenvalue weighted by atomic mass is 10.1. The maximum atomic E-state index is 12.3. The van der Waals surface area contributed by atoms with Crippen molar-refractivity contribution < 1.29 is 14.6 Å². The number of aryl methyl sites for hydroxylation is 1. The molecule has 0 fully saturated rings. The van der Waals surface area contributed by atoms with Gasteiger partial charge in [-0.1, -0.05) is 0 Å². The summed E-state index contributed by atoms with van der Waals surface area (Å²) in [6.07, 6.45) is 0.284. The van der Waals surface area contributed by atoms with Gasteiger partial charge in [0.15, 0.2) is 0 Å². The Labute approximate surface area is 113 Å². The summed E-state index contributed by atoms with van der Waals surface area (Å²) in [6.45, 7) is 2.98. The number of aromatic hydroxyl groups is 1. The molecule has 0 aliphatic rings. The zero-order valence-electron chi connectivity index (χ0n) is 11.2. The highest BCUT2D eigenvalue weighted by atomic mass is 16.5. The summed E-state index contributed by atoms with van der Waals surface area (Å²) in [5.41, 5.74) is 1.15. The molecule has 0 saturated carbocycles. The molecule has 0 heterocycles. The molecule has 0 unspecified atom stereocenters. The van der Waals surface area contributed by atoms with Gasteiger partial charge in [-0.2, -0.15) is 5.26 Å². The highest BCUT2D eigenvalue weighted by Gasteiger charge is 2.15. The SMILES string of the molecule is COCCN(CCC#N)C(=O)c1ccc(O)c(C)c1. The molecule has 5 heteroatoms. The van der Waals surface area contributed by atoms with Crippen molar-refractivity contribution in [3.8, 4) is 11.8 Å². The molecule has 1 aromatic carbocycles. The molecule has 1 rings (SSSR count). The maximum Gasteiger partial charge on any atom is 0.253 e. The van der Waals surface area contributed by atoms with Crippen LogP contribution in [0.15, 0.2) is 18.2 Å². The minimum Gasteiger partial charge on any atom is -0.508 e. The quantitative estimate of drug-likeness (QED) is 0.846. The second kappa shape index (κ2) is 7.39. The van der Waals surface area contributed by atoms with Gasteiger partial charge in [-0.05, 0) is 30.7 Å². The van der Waals surface area contributed by atoms with Crippen LogP contribution >= 0.6 is 0 Å². The third kappa shape index (κ3) is 4.27. The fourth-order valence-corrected chi connectivity index (χ4v) is 1.67. The molecule has 0 radical (unpaired) electrons. The fraction of sp³-hybridized carbons (Fsp3) is 0.429. The molecule has 19 heavy (non-hydrogen) atoms. The third-order valence-corrected chi connectivity index (χ3v) is 2.79. The lowest BCUT2D eigenvalue weighted by molar-refractivity contribution is 0.0700. The summed E-state index contributed by atoms with van der Waals surface area (Å²) in [5.74, 6) is 0.00687. The van der Waals surface area contributed by atoms with E-state index >= 15 is 0 Å². The average Bonchev–Trinajstić information content (AvgIpc) is 2.41. The van der Waals surface area contributed by atoms with Crippen LogP contribution in [0.3, 0.4) is 0 Å². The summed E-state index contributed by atoms with van der Waals surface area (Å²) >= 11 is 0. The van der Waals surface area contributed by atoms with Crippen molar-refractivity contribution in [1.82, 2.24) is 4.90 Å². The van der Waals surface area contributed by atoms with Gasteiger partial charge in [0.05, 0.1) is 19.1 Å². The van der Waals surface area contributed by atoms with E-state index in [1.807, 2.05) is 6.07 Å². The van der Waals surface area contributed by atoms with Crippen molar-refractivity contribution in [1.29, 1.82) is 5.26 Å². The van der Waals surface area contributed by atoms with E-state index < -0.39 is 0 Å². The number of benzene rings is 1. The topological polar surface area (TPSA) is 73.6 Å². The van der Waals surface area contributed by atoms with Crippen LogP contribution in [-0.4, -0.2) is 42.7 Å². The van der Waals surface area contributed by atoms with Crippen molar-refractivity contribution >= 4 is 5.91 Å². The van der Waals surface area contributed by atoms with Gasteiger partial charge < -0.3 is 14.7 Å². The number of nitriles is 1. The first kappa shape index (κ1) is 15.0. The number of hydrogen-bond donors (Lipinski definition) is 1. The Morgan fingerprint density at radius 2 is 2.21 bits per heavy atom. The van der Waals surface area contributed by atoms with Crippen LogP contribution in [-0.2, 0) is 4.74 Å². The normalized spacial score (nSPS) is 9.95. The predicted octanol–water partition coefficient (Wildman–Crippen LogP) is 1.70. The first-order valence-electron chi connectivity index (χ1n) is 6.05. The number of phenols is 1. The van der Waals surface area contributed by atoms with Crippen LogP contribution in [0.1, 0.15) is 22.3 Å². The van der Waals surface area contributed by atoms with Crippen LogP contribution in [0.25, 0.3) is 0 Å². The summed E-state index contributed by atoms with van der Waals surface area (Å²) in [4.78, 5) is 13.9. The van der Waals surface area contributed by atoms with E-state index in [0.29, 0.717) is 30.8 Å². The van der Waals surface area contributed by atoms with E-state index in [0.717, 1.165) is 0 Å². The molecule has 1 N–H and O–H groups in total. The summed E-state index contributed by atoms with van der Waals surface area (Å²) in [6, 6.07) is 6.75. The Balaban J connectivity index is 2.84. The van der Waals surface area contributed by atoms with Gasteiger partial charge in [-0.3, -0.25) is 4.79 Å². The zero-order chi connectivity index (χ0) is 14.3. The number of amides is 1.